The molecule has 2 aromatic rings. The summed E-state index contributed by atoms with van der Waals surface area (Å²) in [5.74, 6) is 4.41. The number of fused-ring (bicyclic) bond motifs is 1. The summed E-state index contributed by atoms with van der Waals surface area (Å²) in [6.45, 7) is 5.21. The van der Waals surface area contributed by atoms with Gasteiger partial charge in [-0.3, -0.25) is 0 Å². The molecule has 0 atom stereocenters. The zero-order valence-corrected chi connectivity index (χ0v) is 17.7. The monoisotopic (exact) mass is 400 g/mol. The largest absolute Gasteiger partial charge is 0.493 e. The number of benzene rings is 1. The predicted molar refractivity (Wildman–Crippen MR) is 114 cm³/mol. The average Bonchev–Trinajstić information content (AvgIpc) is 2.97. The Morgan fingerprint density at radius 1 is 1.10 bits per heavy atom. The smallest absolute Gasteiger partial charge is 0.191 e. The van der Waals surface area contributed by atoms with E-state index in [2.05, 4.69) is 32.3 Å². The molecule has 1 aromatic carbocycles. The molecule has 1 aliphatic rings. The third-order valence-corrected chi connectivity index (χ3v) is 5.04. The maximum Gasteiger partial charge on any atom is 0.191 e. The molecule has 0 fully saturated rings. The summed E-state index contributed by atoms with van der Waals surface area (Å²) >= 11 is 0. The lowest BCUT2D eigenvalue weighted by atomic mass is 10.2. The van der Waals surface area contributed by atoms with Crippen molar-refractivity contribution in [1.29, 1.82) is 0 Å². The molecular weight excluding hydrogens is 368 g/mol. The minimum Gasteiger partial charge on any atom is -0.493 e. The molecular formula is C21H32N6O2. The number of rotatable bonds is 8. The number of hydrogen-bond donors (Lipinski definition) is 2. The molecule has 1 aliphatic heterocycles. The van der Waals surface area contributed by atoms with Crippen molar-refractivity contribution in [2.24, 2.45) is 4.99 Å². The van der Waals surface area contributed by atoms with Gasteiger partial charge in [0.15, 0.2) is 17.5 Å². The van der Waals surface area contributed by atoms with E-state index in [1.807, 2.05) is 18.2 Å². The number of aromatic nitrogens is 3. The van der Waals surface area contributed by atoms with Crippen LogP contribution in [-0.4, -0.2) is 48.0 Å². The molecule has 2 heterocycles. The van der Waals surface area contributed by atoms with Gasteiger partial charge in [-0.25, -0.2) is 4.99 Å². The van der Waals surface area contributed by atoms with Crippen LogP contribution in [0.15, 0.2) is 23.2 Å². The van der Waals surface area contributed by atoms with Crippen LogP contribution < -0.4 is 20.1 Å². The van der Waals surface area contributed by atoms with E-state index in [1.54, 1.807) is 14.2 Å². The highest BCUT2D eigenvalue weighted by molar-refractivity contribution is 5.79. The standard InChI is InChI=1S/C21H32N6O2/c1-4-22-21(24-15-16-9-10-17(28-2)18(14-16)29-3)23-12-11-20-26-25-19-8-6-5-7-13-27(19)20/h9-10,14H,4-8,11-13,15H2,1-3H3,(H2,22,23,24). The zero-order valence-electron chi connectivity index (χ0n) is 17.7. The fourth-order valence-electron chi connectivity index (χ4n) is 3.51. The first-order valence-corrected chi connectivity index (χ1v) is 10.4. The molecule has 0 saturated carbocycles. The van der Waals surface area contributed by atoms with Gasteiger partial charge in [0.2, 0.25) is 0 Å². The second-order valence-corrected chi connectivity index (χ2v) is 7.06. The quantitative estimate of drug-likeness (QED) is 0.522. The highest BCUT2D eigenvalue weighted by Gasteiger charge is 2.14. The number of nitrogens with one attached hydrogen (secondary N) is 2. The maximum atomic E-state index is 5.37. The second-order valence-electron chi connectivity index (χ2n) is 7.06. The Bertz CT molecular complexity index is 817. The first kappa shape index (κ1) is 21.0. The van der Waals surface area contributed by atoms with E-state index in [9.17, 15) is 0 Å². The number of ether oxygens (including phenoxy) is 2. The minimum atomic E-state index is 0.552. The molecule has 3 rings (SSSR count). The third kappa shape index (κ3) is 5.62. The molecule has 0 radical (unpaired) electrons. The highest BCUT2D eigenvalue weighted by atomic mass is 16.5. The van der Waals surface area contributed by atoms with Gasteiger partial charge in [-0.1, -0.05) is 12.5 Å². The summed E-state index contributed by atoms with van der Waals surface area (Å²) in [6.07, 6.45) is 5.56. The number of methoxy groups -OCH3 is 2. The van der Waals surface area contributed by atoms with Gasteiger partial charge in [-0.15, -0.1) is 10.2 Å². The number of aliphatic imine (C=N–C) groups is 1. The Morgan fingerprint density at radius 3 is 2.76 bits per heavy atom. The van der Waals surface area contributed by atoms with Crippen molar-refractivity contribution < 1.29 is 9.47 Å². The number of guanidine groups is 1. The van der Waals surface area contributed by atoms with E-state index in [0.29, 0.717) is 12.3 Å². The molecule has 158 valence electrons. The molecule has 29 heavy (non-hydrogen) atoms. The van der Waals surface area contributed by atoms with Crippen molar-refractivity contribution in [2.45, 2.75) is 52.1 Å². The Balaban J connectivity index is 1.58. The number of nitrogens with zero attached hydrogens (tertiary/aromatic N) is 4. The van der Waals surface area contributed by atoms with Crippen molar-refractivity contribution in [1.82, 2.24) is 25.4 Å². The molecule has 0 unspecified atom stereocenters. The third-order valence-electron chi connectivity index (χ3n) is 5.04. The van der Waals surface area contributed by atoms with Gasteiger partial charge >= 0.3 is 0 Å². The van der Waals surface area contributed by atoms with Crippen LogP contribution in [-0.2, 0) is 25.9 Å². The minimum absolute atomic E-state index is 0.552. The molecule has 0 aliphatic carbocycles. The van der Waals surface area contributed by atoms with E-state index in [1.165, 1.54) is 19.3 Å². The lowest BCUT2D eigenvalue weighted by molar-refractivity contribution is 0.354. The van der Waals surface area contributed by atoms with E-state index in [4.69, 9.17) is 14.5 Å². The van der Waals surface area contributed by atoms with Gasteiger partial charge in [0, 0.05) is 32.5 Å². The van der Waals surface area contributed by atoms with Gasteiger partial charge in [-0.2, -0.15) is 0 Å². The van der Waals surface area contributed by atoms with Gasteiger partial charge in [0.25, 0.3) is 0 Å². The molecule has 0 amide bonds. The molecule has 0 bridgehead atoms. The van der Waals surface area contributed by atoms with Crippen LogP contribution in [0.2, 0.25) is 0 Å². The van der Waals surface area contributed by atoms with E-state index < -0.39 is 0 Å². The Kier molecular flexibility index (Phi) is 7.72. The van der Waals surface area contributed by atoms with Gasteiger partial charge in [-0.05, 0) is 37.5 Å². The fraction of sp³-hybridized carbons (Fsp3) is 0.571. The van der Waals surface area contributed by atoms with Crippen molar-refractivity contribution in [2.75, 3.05) is 27.3 Å². The van der Waals surface area contributed by atoms with Crippen molar-refractivity contribution in [3.05, 3.63) is 35.4 Å². The molecule has 8 heteroatoms. The lowest BCUT2D eigenvalue weighted by Crippen LogP contribution is -2.38. The summed E-state index contributed by atoms with van der Waals surface area (Å²) in [6, 6.07) is 5.86. The average molecular weight is 401 g/mol. The topological polar surface area (TPSA) is 85.6 Å². The lowest BCUT2D eigenvalue weighted by Gasteiger charge is -2.12. The molecule has 8 nitrogen and oxygen atoms in total. The maximum absolute atomic E-state index is 5.37. The summed E-state index contributed by atoms with van der Waals surface area (Å²) in [5, 5.41) is 15.5. The fourth-order valence-corrected chi connectivity index (χ4v) is 3.51. The van der Waals surface area contributed by atoms with Crippen LogP contribution in [0.4, 0.5) is 0 Å². The van der Waals surface area contributed by atoms with Crippen molar-refractivity contribution in [3.8, 4) is 11.5 Å². The van der Waals surface area contributed by atoms with Crippen molar-refractivity contribution in [3.63, 3.8) is 0 Å². The first-order chi connectivity index (χ1) is 14.2. The first-order valence-electron chi connectivity index (χ1n) is 10.4. The van der Waals surface area contributed by atoms with Crippen molar-refractivity contribution >= 4 is 5.96 Å². The van der Waals surface area contributed by atoms with E-state index in [0.717, 1.165) is 61.4 Å². The summed E-state index contributed by atoms with van der Waals surface area (Å²) in [5.41, 5.74) is 1.06. The van der Waals surface area contributed by atoms with Gasteiger partial charge in [0.05, 0.1) is 20.8 Å². The van der Waals surface area contributed by atoms with Crippen LogP contribution in [0.1, 0.15) is 43.4 Å². The number of hydrogen-bond acceptors (Lipinski definition) is 5. The van der Waals surface area contributed by atoms with Crippen LogP contribution in [0.3, 0.4) is 0 Å². The Morgan fingerprint density at radius 2 is 1.97 bits per heavy atom. The summed E-state index contributed by atoms with van der Waals surface area (Å²) in [4.78, 5) is 4.69. The SMILES string of the molecule is CCNC(=NCc1ccc(OC)c(OC)c1)NCCc1nnc2n1CCCCC2. The second kappa shape index (κ2) is 10.7. The molecule has 1 aromatic heterocycles. The van der Waals surface area contributed by atoms with Crippen LogP contribution in [0.5, 0.6) is 11.5 Å². The van der Waals surface area contributed by atoms with Crippen LogP contribution in [0, 0.1) is 0 Å². The van der Waals surface area contributed by atoms with Gasteiger partial charge in [0.1, 0.15) is 11.6 Å². The Labute approximate surface area is 172 Å². The Hall–Kier alpha value is -2.77. The van der Waals surface area contributed by atoms with E-state index in [-0.39, 0.29) is 0 Å². The number of aryl methyl sites for hydroxylation is 1. The predicted octanol–water partition coefficient (Wildman–Crippen LogP) is 2.32. The zero-order chi connectivity index (χ0) is 20.5. The van der Waals surface area contributed by atoms with Gasteiger partial charge < -0.3 is 24.7 Å². The summed E-state index contributed by atoms with van der Waals surface area (Å²) in [7, 11) is 3.28. The molecule has 0 saturated heterocycles. The highest BCUT2D eigenvalue weighted by Crippen LogP contribution is 2.27. The summed E-state index contributed by atoms with van der Waals surface area (Å²) < 4.78 is 13.0. The normalized spacial score (nSPS) is 14.1. The molecule has 0 spiro atoms. The van der Waals surface area contributed by atoms with Crippen LogP contribution in [0.25, 0.3) is 0 Å². The molecule has 2 N–H and O–H groups in total. The van der Waals surface area contributed by atoms with Crippen LogP contribution >= 0.6 is 0 Å². The van der Waals surface area contributed by atoms with E-state index >= 15 is 0 Å².